The number of hydrogen-bond acceptors (Lipinski definition) is 4. The lowest BCUT2D eigenvalue weighted by Crippen LogP contribution is -2.38. The third-order valence-electron chi connectivity index (χ3n) is 5.16. The maximum Gasteiger partial charge on any atom is 0.271 e. The van der Waals surface area contributed by atoms with Gasteiger partial charge in [-0.25, -0.2) is 0 Å². The predicted molar refractivity (Wildman–Crippen MR) is 110 cm³/mol. The first-order chi connectivity index (χ1) is 13.9. The van der Waals surface area contributed by atoms with Gasteiger partial charge < -0.3 is 25.5 Å². The van der Waals surface area contributed by atoms with Crippen LogP contribution in [0, 0.1) is 0 Å². The van der Waals surface area contributed by atoms with E-state index in [1.54, 1.807) is 18.2 Å². The Hall–Kier alpha value is -2.51. The van der Waals surface area contributed by atoms with Gasteiger partial charge in [-0.15, -0.1) is 0 Å². The Morgan fingerprint density at radius 3 is 2.45 bits per heavy atom. The lowest BCUT2D eigenvalue weighted by Gasteiger charge is -2.25. The molecule has 1 aromatic carbocycles. The zero-order valence-corrected chi connectivity index (χ0v) is 17.3. The Balaban J connectivity index is 1.75. The van der Waals surface area contributed by atoms with Crippen LogP contribution in [0.4, 0.5) is 0 Å². The van der Waals surface area contributed by atoms with Crippen LogP contribution in [0.1, 0.15) is 65.3 Å². The van der Waals surface area contributed by atoms with E-state index in [9.17, 15) is 14.7 Å². The predicted octanol–water partition coefficient (Wildman–Crippen LogP) is 3.20. The molecule has 29 heavy (non-hydrogen) atoms. The van der Waals surface area contributed by atoms with Gasteiger partial charge in [0.15, 0.2) is 5.75 Å². The molecule has 0 radical (unpaired) electrons. The maximum atomic E-state index is 12.7. The van der Waals surface area contributed by atoms with Crippen molar-refractivity contribution < 1.29 is 19.4 Å². The molecule has 156 valence electrons. The van der Waals surface area contributed by atoms with Crippen molar-refractivity contribution in [1.82, 2.24) is 15.6 Å². The first-order valence-corrected chi connectivity index (χ1v) is 10.1. The molecule has 8 heteroatoms. The molecule has 7 nitrogen and oxygen atoms in total. The van der Waals surface area contributed by atoms with E-state index < -0.39 is 0 Å². The highest BCUT2D eigenvalue weighted by molar-refractivity contribution is 6.30. The molecular formula is C21H26ClN3O4. The molecule has 1 heterocycles. The Bertz CT molecular complexity index is 857. The second kappa shape index (κ2) is 9.33. The SMILES string of the molecule is CNC(=O)c1[nH]c(C(=O)NC2CCC(O)CC2)cc1OC(C)c1ccc(Cl)cc1. The molecule has 3 rings (SSSR count). The number of rotatable bonds is 6. The van der Waals surface area contributed by atoms with Crippen LogP contribution >= 0.6 is 11.6 Å². The molecule has 0 bridgehead atoms. The summed E-state index contributed by atoms with van der Waals surface area (Å²) in [5.41, 5.74) is 1.34. The topological polar surface area (TPSA) is 103 Å². The van der Waals surface area contributed by atoms with Crippen molar-refractivity contribution in [3.63, 3.8) is 0 Å². The zero-order valence-electron chi connectivity index (χ0n) is 16.5. The molecular weight excluding hydrogens is 394 g/mol. The van der Waals surface area contributed by atoms with Gasteiger partial charge >= 0.3 is 0 Å². The van der Waals surface area contributed by atoms with Gasteiger partial charge in [0.2, 0.25) is 0 Å². The minimum atomic E-state index is -0.372. The molecule has 0 spiro atoms. The fourth-order valence-electron chi connectivity index (χ4n) is 3.42. The fourth-order valence-corrected chi connectivity index (χ4v) is 3.55. The summed E-state index contributed by atoms with van der Waals surface area (Å²) in [6.07, 6.45) is 2.17. The largest absolute Gasteiger partial charge is 0.484 e. The van der Waals surface area contributed by atoms with E-state index in [0.29, 0.717) is 23.6 Å². The summed E-state index contributed by atoms with van der Waals surface area (Å²) in [4.78, 5) is 27.8. The Morgan fingerprint density at radius 1 is 1.17 bits per heavy atom. The van der Waals surface area contributed by atoms with Gasteiger partial charge in [-0.05, 0) is 50.3 Å². The summed E-state index contributed by atoms with van der Waals surface area (Å²) >= 11 is 5.93. The number of hydrogen-bond donors (Lipinski definition) is 4. The first-order valence-electron chi connectivity index (χ1n) is 9.73. The van der Waals surface area contributed by atoms with Crippen LogP contribution in [-0.4, -0.2) is 41.1 Å². The lowest BCUT2D eigenvalue weighted by molar-refractivity contribution is 0.0863. The van der Waals surface area contributed by atoms with Gasteiger partial charge in [0.05, 0.1) is 6.10 Å². The summed E-state index contributed by atoms with van der Waals surface area (Å²) < 4.78 is 5.98. The quantitative estimate of drug-likeness (QED) is 0.577. The van der Waals surface area contributed by atoms with Gasteiger partial charge in [0, 0.05) is 24.2 Å². The average molecular weight is 420 g/mol. The number of aromatic nitrogens is 1. The van der Waals surface area contributed by atoms with Crippen LogP contribution in [0.25, 0.3) is 0 Å². The van der Waals surface area contributed by atoms with Crippen molar-refractivity contribution in [3.05, 3.63) is 52.3 Å². The molecule has 4 N–H and O–H groups in total. The Labute approximate surface area is 174 Å². The minimum Gasteiger partial charge on any atom is -0.484 e. The molecule has 1 fully saturated rings. The van der Waals surface area contributed by atoms with Crippen molar-refractivity contribution in [2.45, 2.75) is 50.9 Å². The molecule has 1 aromatic heterocycles. The number of aliphatic hydroxyl groups excluding tert-OH is 1. The molecule has 1 saturated carbocycles. The Morgan fingerprint density at radius 2 is 1.83 bits per heavy atom. The van der Waals surface area contributed by atoms with E-state index in [1.165, 1.54) is 7.05 Å². The third-order valence-corrected chi connectivity index (χ3v) is 5.41. The van der Waals surface area contributed by atoms with Gasteiger partial charge in [0.1, 0.15) is 17.5 Å². The van der Waals surface area contributed by atoms with Crippen LogP contribution in [0.2, 0.25) is 5.02 Å². The number of amides is 2. The fraction of sp³-hybridized carbons (Fsp3) is 0.429. The van der Waals surface area contributed by atoms with E-state index in [4.69, 9.17) is 16.3 Å². The summed E-state index contributed by atoms with van der Waals surface area (Å²) in [5, 5.41) is 15.8. The number of H-pyrrole nitrogens is 1. The van der Waals surface area contributed by atoms with Crippen LogP contribution in [0.3, 0.4) is 0 Å². The van der Waals surface area contributed by atoms with Crippen molar-refractivity contribution in [2.24, 2.45) is 0 Å². The van der Waals surface area contributed by atoms with E-state index >= 15 is 0 Å². The third kappa shape index (κ3) is 5.31. The second-order valence-electron chi connectivity index (χ2n) is 7.29. The normalized spacial score (nSPS) is 20.0. The van der Waals surface area contributed by atoms with Gasteiger partial charge in [-0.2, -0.15) is 0 Å². The highest BCUT2D eigenvalue weighted by atomic mass is 35.5. The maximum absolute atomic E-state index is 12.7. The summed E-state index contributed by atoms with van der Waals surface area (Å²) in [6, 6.07) is 8.80. The second-order valence-corrected chi connectivity index (χ2v) is 7.73. The number of carbonyl (C=O) groups excluding carboxylic acids is 2. The molecule has 1 aliphatic rings. The highest BCUT2D eigenvalue weighted by Crippen LogP contribution is 2.28. The first kappa shape index (κ1) is 21.2. The number of benzene rings is 1. The molecule has 1 aliphatic carbocycles. The number of nitrogens with one attached hydrogen (secondary N) is 3. The van der Waals surface area contributed by atoms with Gasteiger partial charge in [-0.1, -0.05) is 23.7 Å². The summed E-state index contributed by atoms with van der Waals surface area (Å²) in [7, 11) is 1.52. The van der Waals surface area contributed by atoms with Crippen LogP contribution in [0.15, 0.2) is 30.3 Å². The number of aliphatic hydroxyl groups is 1. The molecule has 0 saturated heterocycles. The molecule has 1 atom stereocenters. The van der Waals surface area contributed by atoms with E-state index in [1.807, 2.05) is 19.1 Å². The van der Waals surface area contributed by atoms with Crippen LogP contribution < -0.4 is 15.4 Å². The zero-order chi connectivity index (χ0) is 21.0. The van der Waals surface area contributed by atoms with Gasteiger partial charge in [0.25, 0.3) is 11.8 Å². The molecule has 1 unspecified atom stereocenters. The van der Waals surface area contributed by atoms with Crippen LogP contribution in [0.5, 0.6) is 5.75 Å². The van der Waals surface area contributed by atoms with Crippen LogP contribution in [-0.2, 0) is 0 Å². The summed E-state index contributed by atoms with van der Waals surface area (Å²) in [5.74, 6) is -0.371. The standard InChI is InChI=1S/C21H26ClN3O4/c1-12(13-3-5-14(22)6-4-13)29-18-11-17(25-19(18)21(28)23-2)20(27)24-15-7-9-16(26)10-8-15/h3-6,11-12,15-16,25-26H,7-10H2,1-2H3,(H,23,28)(H,24,27). The van der Waals surface area contributed by atoms with Crippen molar-refractivity contribution >= 4 is 23.4 Å². The number of halogens is 1. The Kier molecular flexibility index (Phi) is 6.82. The highest BCUT2D eigenvalue weighted by Gasteiger charge is 2.25. The van der Waals surface area contributed by atoms with E-state index in [0.717, 1.165) is 18.4 Å². The number of aromatic amines is 1. The number of ether oxygens (including phenoxy) is 1. The van der Waals surface area contributed by atoms with Crippen molar-refractivity contribution in [3.8, 4) is 5.75 Å². The molecule has 2 aromatic rings. The van der Waals surface area contributed by atoms with Crippen molar-refractivity contribution in [2.75, 3.05) is 7.05 Å². The van der Waals surface area contributed by atoms with E-state index in [2.05, 4.69) is 15.6 Å². The molecule has 0 aliphatic heterocycles. The molecule has 2 amide bonds. The monoisotopic (exact) mass is 419 g/mol. The smallest absolute Gasteiger partial charge is 0.271 e. The summed E-state index contributed by atoms with van der Waals surface area (Å²) in [6.45, 7) is 1.86. The lowest BCUT2D eigenvalue weighted by atomic mass is 9.93. The minimum absolute atomic E-state index is 0.00927. The van der Waals surface area contributed by atoms with Crippen molar-refractivity contribution in [1.29, 1.82) is 0 Å². The van der Waals surface area contributed by atoms with E-state index in [-0.39, 0.29) is 41.5 Å². The average Bonchev–Trinajstić information content (AvgIpc) is 3.13. The van der Waals surface area contributed by atoms with Gasteiger partial charge in [-0.3, -0.25) is 9.59 Å². The number of carbonyl (C=O) groups is 2.